The van der Waals surface area contributed by atoms with E-state index in [-0.39, 0.29) is 11.9 Å². The Morgan fingerprint density at radius 2 is 1.65 bits per heavy atom. The highest BCUT2D eigenvalue weighted by Crippen LogP contribution is 2.20. The Hall–Kier alpha value is -3.08. The number of ketones is 1. The average Bonchev–Trinajstić information content (AvgIpc) is 3.16. The number of hydrogen-bond acceptors (Lipinski definition) is 3. The smallest absolute Gasteiger partial charge is 0.410 e. The Morgan fingerprint density at radius 3 is 2.39 bits per heavy atom. The summed E-state index contributed by atoms with van der Waals surface area (Å²) in [4.78, 5) is 30.3. The summed E-state index contributed by atoms with van der Waals surface area (Å²) >= 11 is 0. The molecule has 0 atom stereocenters. The molecule has 0 aliphatic rings. The summed E-state index contributed by atoms with van der Waals surface area (Å²) < 4.78 is 5.59. The van der Waals surface area contributed by atoms with Crippen molar-refractivity contribution in [2.45, 2.75) is 52.1 Å². The number of amides is 1. The lowest BCUT2D eigenvalue weighted by atomic mass is 10.0. The predicted molar refractivity (Wildman–Crippen MR) is 124 cm³/mol. The molecule has 5 heteroatoms. The van der Waals surface area contributed by atoms with Crippen LogP contribution < -0.4 is 0 Å². The maximum Gasteiger partial charge on any atom is 0.410 e. The molecule has 0 radical (unpaired) electrons. The van der Waals surface area contributed by atoms with E-state index in [1.165, 1.54) is 5.56 Å². The van der Waals surface area contributed by atoms with Gasteiger partial charge in [-0.15, -0.1) is 0 Å². The van der Waals surface area contributed by atoms with Gasteiger partial charge >= 0.3 is 6.09 Å². The lowest BCUT2D eigenvalue weighted by molar-refractivity contribution is 0.0249. The summed E-state index contributed by atoms with van der Waals surface area (Å²) in [6.07, 6.45) is 4.20. The first-order valence-corrected chi connectivity index (χ1v) is 10.9. The normalized spacial score (nSPS) is 11.5. The first kappa shape index (κ1) is 22.6. The number of aromatic amines is 1. The fourth-order valence-corrected chi connectivity index (χ4v) is 3.55. The molecule has 1 aromatic heterocycles. The second-order valence-corrected chi connectivity index (χ2v) is 8.83. The fourth-order valence-electron chi connectivity index (χ4n) is 3.55. The van der Waals surface area contributed by atoms with Crippen LogP contribution >= 0.6 is 0 Å². The van der Waals surface area contributed by atoms with Crippen molar-refractivity contribution in [3.05, 3.63) is 71.9 Å². The summed E-state index contributed by atoms with van der Waals surface area (Å²) in [7, 11) is 0. The second-order valence-electron chi connectivity index (χ2n) is 8.83. The van der Waals surface area contributed by atoms with Gasteiger partial charge < -0.3 is 14.6 Å². The zero-order valence-corrected chi connectivity index (χ0v) is 18.7. The van der Waals surface area contributed by atoms with E-state index >= 15 is 0 Å². The highest BCUT2D eigenvalue weighted by atomic mass is 16.6. The average molecular weight is 421 g/mol. The van der Waals surface area contributed by atoms with Gasteiger partial charge in [0.2, 0.25) is 0 Å². The molecule has 0 unspecified atom stereocenters. The number of unbranched alkanes of at least 4 members (excludes halogenated alkanes) is 1. The fraction of sp³-hybridized carbons (Fsp3) is 0.385. The first-order valence-electron chi connectivity index (χ1n) is 10.9. The van der Waals surface area contributed by atoms with E-state index in [9.17, 15) is 9.59 Å². The third-order valence-corrected chi connectivity index (χ3v) is 5.14. The van der Waals surface area contributed by atoms with Gasteiger partial charge in [-0.05, 0) is 51.7 Å². The number of rotatable bonds is 9. The molecule has 3 rings (SSSR count). The van der Waals surface area contributed by atoms with Gasteiger partial charge in [0.25, 0.3) is 0 Å². The number of hydrogen-bond donors (Lipinski definition) is 1. The predicted octanol–water partition coefficient (Wildman–Crippen LogP) is 6.00. The highest BCUT2D eigenvalue weighted by molar-refractivity contribution is 6.07. The number of nitrogens with zero attached hydrogens (tertiary/aromatic N) is 1. The van der Waals surface area contributed by atoms with Crippen molar-refractivity contribution in [1.29, 1.82) is 0 Å². The molecular formula is C26H32N2O3. The van der Waals surface area contributed by atoms with Crippen molar-refractivity contribution < 1.29 is 14.3 Å². The highest BCUT2D eigenvalue weighted by Gasteiger charge is 2.22. The zero-order chi connectivity index (χ0) is 22.3. The molecule has 3 aromatic rings. The first-order chi connectivity index (χ1) is 14.8. The van der Waals surface area contributed by atoms with Gasteiger partial charge in [-0.2, -0.15) is 0 Å². The molecule has 2 aromatic carbocycles. The van der Waals surface area contributed by atoms with Gasteiger partial charge in [0.05, 0.1) is 0 Å². The number of carbonyl (C=O) groups is 2. The van der Waals surface area contributed by atoms with Gasteiger partial charge in [0.15, 0.2) is 5.78 Å². The molecule has 0 spiro atoms. The lowest BCUT2D eigenvalue weighted by Gasteiger charge is -2.27. The zero-order valence-electron chi connectivity index (χ0n) is 18.7. The minimum Gasteiger partial charge on any atom is -0.444 e. The van der Waals surface area contributed by atoms with E-state index in [4.69, 9.17) is 4.74 Å². The number of Topliss-reactive ketones (excluding diaryl/α,β-unsaturated/α-hetero) is 1. The van der Waals surface area contributed by atoms with E-state index in [1.807, 2.05) is 63.2 Å². The maximum atomic E-state index is 12.7. The van der Waals surface area contributed by atoms with Crippen LogP contribution in [0.5, 0.6) is 0 Å². The Morgan fingerprint density at radius 1 is 0.935 bits per heavy atom. The molecule has 0 bridgehead atoms. The van der Waals surface area contributed by atoms with Crippen molar-refractivity contribution in [3.8, 4) is 0 Å². The third-order valence-electron chi connectivity index (χ3n) is 5.14. The van der Waals surface area contributed by atoms with Crippen LogP contribution in [0.4, 0.5) is 4.79 Å². The van der Waals surface area contributed by atoms with Gasteiger partial charge in [0, 0.05) is 42.2 Å². The number of para-hydroxylation sites is 1. The van der Waals surface area contributed by atoms with Crippen LogP contribution in [0, 0.1) is 0 Å². The molecule has 0 aliphatic carbocycles. The summed E-state index contributed by atoms with van der Waals surface area (Å²) in [6, 6.07) is 17.9. The number of benzene rings is 2. The molecule has 31 heavy (non-hydrogen) atoms. The van der Waals surface area contributed by atoms with Crippen LogP contribution in [-0.4, -0.2) is 40.5 Å². The van der Waals surface area contributed by atoms with Gasteiger partial charge in [-0.3, -0.25) is 4.79 Å². The molecule has 0 saturated carbocycles. The van der Waals surface area contributed by atoms with Crippen molar-refractivity contribution in [1.82, 2.24) is 9.88 Å². The number of H-pyrrole nitrogens is 1. The number of fused-ring (bicyclic) bond motifs is 1. The molecule has 5 nitrogen and oxygen atoms in total. The molecule has 0 fully saturated rings. The Balaban J connectivity index is 1.53. The topological polar surface area (TPSA) is 62.4 Å². The van der Waals surface area contributed by atoms with Crippen LogP contribution in [0.2, 0.25) is 0 Å². The number of nitrogens with one attached hydrogen (secondary N) is 1. The van der Waals surface area contributed by atoms with Crippen LogP contribution in [-0.2, 0) is 11.2 Å². The molecule has 0 saturated heterocycles. The summed E-state index contributed by atoms with van der Waals surface area (Å²) in [5.41, 5.74) is 2.37. The second kappa shape index (κ2) is 10.3. The van der Waals surface area contributed by atoms with Crippen molar-refractivity contribution >= 4 is 22.8 Å². The van der Waals surface area contributed by atoms with Crippen molar-refractivity contribution in [3.63, 3.8) is 0 Å². The van der Waals surface area contributed by atoms with Crippen LogP contribution in [0.3, 0.4) is 0 Å². The Labute approximate surface area is 184 Å². The molecule has 1 N–H and O–H groups in total. The van der Waals surface area contributed by atoms with Crippen molar-refractivity contribution in [2.75, 3.05) is 13.1 Å². The van der Waals surface area contributed by atoms with Crippen LogP contribution in [0.25, 0.3) is 10.9 Å². The van der Waals surface area contributed by atoms with E-state index in [1.54, 1.807) is 11.1 Å². The molecule has 1 amide bonds. The molecular weight excluding hydrogens is 388 g/mol. The van der Waals surface area contributed by atoms with Crippen LogP contribution in [0.1, 0.15) is 56.0 Å². The quantitative estimate of drug-likeness (QED) is 0.341. The molecule has 1 heterocycles. The summed E-state index contributed by atoms with van der Waals surface area (Å²) in [5.74, 6) is 0.130. The molecule has 164 valence electrons. The number of aromatic nitrogens is 1. The number of carbonyl (C=O) groups excluding carboxylic acids is 2. The maximum absolute atomic E-state index is 12.7. The summed E-state index contributed by atoms with van der Waals surface area (Å²) in [5, 5.41) is 0.964. The largest absolute Gasteiger partial charge is 0.444 e. The Bertz CT molecular complexity index is 1000. The van der Waals surface area contributed by atoms with Crippen LogP contribution in [0.15, 0.2) is 60.8 Å². The van der Waals surface area contributed by atoms with E-state index < -0.39 is 5.60 Å². The van der Waals surface area contributed by atoms with Crippen molar-refractivity contribution in [2.24, 2.45) is 0 Å². The minimum absolute atomic E-state index is 0.130. The van der Waals surface area contributed by atoms with E-state index in [0.717, 1.165) is 35.7 Å². The summed E-state index contributed by atoms with van der Waals surface area (Å²) in [6.45, 7) is 6.79. The monoisotopic (exact) mass is 420 g/mol. The Kier molecular flexibility index (Phi) is 7.50. The lowest BCUT2D eigenvalue weighted by Crippen LogP contribution is -2.38. The third kappa shape index (κ3) is 6.71. The standard InChI is InChI=1S/C26H32N2O3/c1-26(2,3)31-25(30)28(18-16-20-11-5-4-6-12-20)17-10-9-15-24(29)22-19-27-23-14-8-7-13-21(22)23/h4-8,11-14,19,27H,9-10,15-18H2,1-3H3. The van der Waals surface area contributed by atoms with Gasteiger partial charge in [-0.25, -0.2) is 4.79 Å². The number of ether oxygens (including phenoxy) is 1. The van der Waals surface area contributed by atoms with E-state index in [0.29, 0.717) is 19.5 Å². The van der Waals surface area contributed by atoms with E-state index in [2.05, 4.69) is 17.1 Å². The van der Waals surface area contributed by atoms with Gasteiger partial charge in [0.1, 0.15) is 5.60 Å². The minimum atomic E-state index is -0.534. The SMILES string of the molecule is CC(C)(C)OC(=O)N(CCCCC(=O)c1c[nH]c2ccccc12)CCc1ccccc1. The molecule has 0 aliphatic heterocycles. The van der Waals surface area contributed by atoms with Gasteiger partial charge in [-0.1, -0.05) is 48.5 Å².